The second-order valence-corrected chi connectivity index (χ2v) is 7.27. The van der Waals surface area contributed by atoms with Gasteiger partial charge in [0.05, 0.1) is 6.10 Å². The first-order valence-corrected chi connectivity index (χ1v) is 8.76. The van der Waals surface area contributed by atoms with Crippen molar-refractivity contribution in [3.63, 3.8) is 0 Å². The van der Waals surface area contributed by atoms with Gasteiger partial charge in [0.1, 0.15) is 0 Å². The van der Waals surface area contributed by atoms with Gasteiger partial charge < -0.3 is 15.0 Å². The molecule has 2 fully saturated rings. The van der Waals surface area contributed by atoms with E-state index < -0.39 is 0 Å². The predicted octanol–water partition coefficient (Wildman–Crippen LogP) is 3.56. The zero-order valence-electron chi connectivity index (χ0n) is 12.9. The lowest BCUT2D eigenvalue weighted by Crippen LogP contribution is -2.43. The molecule has 0 aromatic heterocycles. The van der Waals surface area contributed by atoms with Crippen LogP contribution in [0.2, 0.25) is 0 Å². The van der Waals surface area contributed by atoms with E-state index in [1.165, 1.54) is 35.0 Å². The number of halogens is 1. The minimum atomic E-state index is 0.341. The van der Waals surface area contributed by atoms with Gasteiger partial charge in [-0.25, -0.2) is 0 Å². The standard InChI is InChI=1S/C17H25BrN2O/c1-12-7-8-20(11-17(12)21-2)15-6-3-13(16(18)9-15)10-19-14-4-5-14/h3,6,9,12,14,17,19H,4-5,7-8,10-11H2,1-2H3. The Morgan fingerprint density at radius 1 is 1.33 bits per heavy atom. The highest BCUT2D eigenvalue weighted by atomic mass is 79.9. The number of piperidine rings is 1. The highest BCUT2D eigenvalue weighted by molar-refractivity contribution is 9.10. The van der Waals surface area contributed by atoms with Gasteiger partial charge in [-0.2, -0.15) is 0 Å². The van der Waals surface area contributed by atoms with E-state index in [0.717, 1.165) is 25.7 Å². The second-order valence-electron chi connectivity index (χ2n) is 6.42. The summed E-state index contributed by atoms with van der Waals surface area (Å²) in [5.74, 6) is 0.650. The maximum absolute atomic E-state index is 5.62. The number of benzene rings is 1. The van der Waals surface area contributed by atoms with E-state index in [0.29, 0.717) is 12.0 Å². The van der Waals surface area contributed by atoms with E-state index in [4.69, 9.17) is 4.74 Å². The van der Waals surface area contributed by atoms with Crippen molar-refractivity contribution in [2.75, 3.05) is 25.1 Å². The van der Waals surface area contributed by atoms with Crippen molar-refractivity contribution >= 4 is 21.6 Å². The summed E-state index contributed by atoms with van der Waals surface area (Å²) in [7, 11) is 1.83. The van der Waals surface area contributed by atoms with Gasteiger partial charge in [-0.3, -0.25) is 0 Å². The van der Waals surface area contributed by atoms with Crippen LogP contribution in [0.1, 0.15) is 31.7 Å². The summed E-state index contributed by atoms with van der Waals surface area (Å²) in [4.78, 5) is 2.44. The molecule has 1 heterocycles. The van der Waals surface area contributed by atoms with Crippen molar-refractivity contribution < 1.29 is 4.74 Å². The summed E-state index contributed by atoms with van der Waals surface area (Å²) in [6.07, 6.45) is 4.20. The molecule has 1 saturated carbocycles. The molecule has 21 heavy (non-hydrogen) atoms. The first-order chi connectivity index (χ1) is 10.2. The number of methoxy groups -OCH3 is 1. The minimum Gasteiger partial charge on any atom is -0.379 e. The molecule has 0 spiro atoms. The Bertz CT molecular complexity index is 490. The largest absolute Gasteiger partial charge is 0.379 e. The van der Waals surface area contributed by atoms with Gasteiger partial charge in [0.2, 0.25) is 0 Å². The fourth-order valence-corrected chi connectivity index (χ4v) is 3.50. The van der Waals surface area contributed by atoms with Crippen LogP contribution in [0.5, 0.6) is 0 Å². The normalized spacial score (nSPS) is 26.1. The smallest absolute Gasteiger partial charge is 0.0772 e. The molecule has 3 nitrogen and oxygen atoms in total. The van der Waals surface area contributed by atoms with Gasteiger partial charge >= 0.3 is 0 Å². The lowest BCUT2D eigenvalue weighted by atomic mass is 9.95. The highest BCUT2D eigenvalue weighted by Crippen LogP contribution is 2.29. The Kier molecular flexibility index (Phi) is 4.87. The molecular formula is C17H25BrN2O. The average molecular weight is 353 g/mol. The van der Waals surface area contributed by atoms with Gasteiger partial charge in [-0.05, 0) is 42.9 Å². The number of rotatable bonds is 5. The van der Waals surface area contributed by atoms with E-state index in [1.54, 1.807) is 0 Å². The molecule has 1 aliphatic heterocycles. The summed E-state index contributed by atoms with van der Waals surface area (Å²) in [6, 6.07) is 7.50. The quantitative estimate of drug-likeness (QED) is 0.876. The summed E-state index contributed by atoms with van der Waals surface area (Å²) < 4.78 is 6.83. The Morgan fingerprint density at radius 2 is 2.14 bits per heavy atom. The molecule has 1 aromatic carbocycles. The lowest BCUT2D eigenvalue weighted by molar-refractivity contribution is 0.0498. The van der Waals surface area contributed by atoms with Crippen molar-refractivity contribution in [1.82, 2.24) is 5.32 Å². The maximum Gasteiger partial charge on any atom is 0.0772 e. The summed E-state index contributed by atoms with van der Waals surface area (Å²) in [5.41, 5.74) is 2.64. The fraction of sp³-hybridized carbons (Fsp3) is 0.647. The molecule has 2 unspecified atom stereocenters. The van der Waals surface area contributed by atoms with Crippen LogP contribution >= 0.6 is 15.9 Å². The number of ether oxygens (including phenoxy) is 1. The molecular weight excluding hydrogens is 328 g/mol. The van der Waals surface area contributed by atoms with Gasteiger partial charge in [-0.15, -0.1) is 0 Å². The van der Waals surface area contributed by atoms with Gasteiger partial charge in [0.25, 0.3) is 0 Å². The molecule has 3 rings (SSSR count). The predicted molar refractivity (Wildman–Crippen MR) is 90.8 cm³/mol. The zero-order chi connectivity index (χ0) is 14.8. The Labute approximate surface area is 136 Å². The molecule has 1 saturated heterocycles. The van der Waals surface area contributed by atoms with Crippen LogP contribution in [0, 0.1) is 5.92 Å². The molecule has 1 N–H and O–H groups in total. The molecule has 4 heteroatoms. The summed E-state index contributed by atoms with van der Waals surface area (Å²) >= 11 is 3.73. The van der Waals surface area contributed by atoms with E-state index in [-0.39, 0.29) is 0 Å². The highest BCUT2D eigenvalue weighted by Gasteiger charge is 2.26. The van der Waals surface area contributed by atoms with E-state index in [1.807, 2.05) is 7.11 Å². The average Bonchev–Trinajstić information content (AvgIpc) is 3.31. The Balaban J connectivity index is 1.66. The molecule has 0 amide bonds. The Morgan fingerprint density at radius 3 is 2.81 bits per heavy atom. The van der Waals surface area contributed by atoms with E-state index in [2.05, 4.69) is 51.3 Å². The van der Waals surface area contributed by atoms with Crippen molar-refractivity contribution in [2.24, 2.45) is 5.92 Å². The van der Waals surface area contributed by atoms with Crippen molar-refractivity contribution in [3.05, 3.63) is 28.2 Å². The van der Waals surface area contributed by atoms with Gasteiger partial charge in [-0.1, -0.05) is 28.9 Å². The van der Waals surface area contributed by atoms with Gasteiger partial charge in [0.15, 0.2) is 0 Å². The Hall–Kier alpha value is -0.580. The van der Waals surface area contributed by atoms with Crippen LogP contribution in [0.4, 0.5) is 5.69 Å². The first kappa shape index (κ1) is 15.3. The number of nitrogens with zero attached hydrogens (tertiary/aromatic N) is 1. The van der Waals surface area contributed by atoms with Crippen LogP contribution in [0.3, 0.4) is 0 Å². The maximum atomic E-state index is 5.62. The number of anilines is 1. The molecule has 1 aromatic rings. The summed E-state index contributed by atoms with van der Waals surface area (Å²) in [6.45, 7) is 5.36. The van der Waals surface area contributed by atoms with Crippen molar-refractivity contribution in [1.29, 1.82) is 0 Å². The molecule has 0 radical (unpaired) electrons. The monoisotopic (exact) mass is 352 g/mol. The fourth-order valence-electron chi connectivity index (χ4n) is 2.99. The van der Waals surface area contributed by atoms with Crippen LogP contribution in [0.15, 0.2) is 22.7 Å². The molecule has 0 bridgehead atoms. The van der Waals surface area contributed by atoms with Crippen LogP contribution in [-0.2, 0) is 11.3 Å². The van der Waals surface area contributed by atoms with Crippen LogP contribution in [-0.4, -0.2) is 32.3 Å². The topological polar surface area (TPSA) is 24.5 Å². The summed E-state index contributed by atoms with van der Waals surface area (Å²) in [5, 5.41) is 3.57. The molecule has 116 valence electrons. The van der Waals surface area contributed by atoms with Gasteiger partial charge in [0, 0.05) is 42.9 Å². The van der Waals surface area contributed by atoms with Crippen LogP contribution in [0.25, 0.3) is 0 Å². The SMILES string of the molecule is COC1CN(c2ccc(CNC3CC3)c(Br)c2)CCC1C. The number of nitrogens with one attached hydrogen (secondary N) is 1. The van der Waals surface area contributed by atoms with Crippen LogP contribution < -0.4 is 10.2 Å². The third-order valence-corrected chi connectivity index (χ3v) is 5.49. The first-order valence-electron chi connectivity index (χ1n) is 7.97. The lowest BCUT2D eigenvalue weighted by Gasteiger charge is -2.37. The third-order valence-electron chi connectivity index (χ3n) is 4.75. The van der Waals surface area contributed by atoms with Crippen molar-refractivity contribution in [3.8, 4) is 0 Å². The molecule has 1 aliphatic carbocycles. The van der Waals surface area contributed by atoms with Crippen molar-refractivity contribution in [2.45, 2.75) is 44.9 Å². The zero-order valence-corrected chi connectivity index (χ0v) is 14.5. The minimum absolute atomic E-state index is 0.341. The molecule has 2 aliphatic rings. The third kappa shape index (κ3) is 3.79. The number of hydrogen-bond acceptors (Lipinski definition) is 3. The number of hydrogen-bond donors (Lipinski definition) is 1. The van der Waals surface area contributed by atoms with E-state index in [9.17, 15) is 0 Å². The molecule has 2 atom stereocenters. The second kappa shape index (κ2) is 6.67. The van der Waals surface area contributed by atoms with E-state index >= 15 is 0 Å².